The number of anilines is 2. The summed E-state index contributed by atoms with van der Waals surface area (Å²) in [6.45, 7) is 2.38. The zero-order valence-electron chi connectivity index (χ0n) is 16.3. The highest BCUT2D eigenvalue weighted by Gasteiger charge is 2.31. The summed E-state index contributed by atoms with van der Waals surface area (Å²) in [5, 5.41) is 5.51. The van der Waals surface area contributed by atoms with Gasteiger partial charge in [-0.2, -0.15) is 5.06 Å². The molecule has 8 nitrogen and oxygen atoms in total. The van der Waals surface area contributed by atoms with Crippen LogP contribution in [0.2, 0.25) is 0 Å². The number of piperazine rings is 1. The lowest BCUT2D eigenvalue weighted by atomic mass is 10.2. The maximum absolute atomic E-state index is 12.9. The molecule has 2 aromatic heterocycles. The molecule has 1 N–H and O–H groups in total. The maximum Gasteiger partial charge on any atom is 0.573 e. The van der Waals surface area contributed by atoms with Crippen LogP contribution in [0.25, 0.3) is 10.2 Å². The normalized spacial score (nSPS) is 15.3. The second kappa shape index (κ2) is 8.65. The van der Waals surface area contributed by atoms with E-state index in [0.717, 1.165) is 0 Å². The highest BCUT2D eigenvalue weighted by atomic mass is 32.1. The average molecular weight is 453 g/mol. The molecule has 1 aromatic carbocycles. The van der Waals surface area contributed by atoms with E-state index in [0.29, 0.717) is 52.8 Å². The molecule has 4 rings (SSSR count). The van der Waals surface area contributed by atoms with E-state index in [9.17, 15) is 18.0 Å². The van der Waals surface area contributed by atoms with Crippen LogP contribution in [0.5, 0.6) is 5.75 Å². The molecule has 1 aliphatic heterocycles. The number of halogens is 3. The first-order valence-corrected chi connectivity index (χ1v) is 10.1. The van der Waals surface area contributed by atoms with Crippen molar-refractivity contribution in [1.82, 2.24) is 19.9 Å². The number of amides is 1. The summed E-state index contributed by atoms with van der Waals surface area (Å²) in [6.07, 6.45) is -3.38. The molecule has 0 saturated carbocycles. The summed E-state index contributed by atoms with van der Waals surface area (Å²) >= 11 is 1.27. The van der Waals surface area contributed by atoms with Crippen LogP contribution >= 0.6 is 11.3 Å². The summed E-state index contributed by atoms with van der Waals surface area (Å²) in [7, 11) is 1.60. The van der Waals surface area contributed by atoms with E-state index in [1.807, 2.05) is 0 Å². The van der Waals surface area contributed by atoms with Gasteiger partial charge >= 0.3 is 6.36 Å². The Morgan fingerprint density at radius 3 is 2.48 bits per heavy atom. The zero-order chi connectivity index (χ0) is 22.0. The summed E-state index contributed by atoms with van der Waals surface area (Å²) in [6, 6.07) is 7.03. The largest absolute Gasteiger partial charge is 0.573 e. The molecule has 3 aromatic rings. The smallest absolute Gasteiger partial charge is 0.406 e. The number of carbonyl (C=O) groups excluding carboxylic acids is 1. The minimum Gasteiger partial charge on any atom is -0.406 e. The molecule has 0 radical (unpaired) electrons. The number of hydroxylamine groups is 2. The fourth-order valence-electron chi connectivity index (χ4n) is 3.17. The Labute approximate surface area is 179 Å². The summed E-state index contributed by atoms with van der Waals surface area (Å²) in [5.41, 5.74) is 0.518. The van der Waals surface area contributed by atoms with Crippen molar-refractivity contribution in [3.05, 3.63) is 41.5 Å². The number of hydrogen-bond donors (Lipinski definition) is 1. The topological polar surface area (TPSA) is 79.8 Å². The van der Waals surface area contributed by atoms with Gasteiger partial charge in [0.1, 0.15) is 22.7 Å². The van der Waals surface area contributed by atoms with Crippen molar-refractivity contribution in [2.75, 3.05) is 38.6 Å². The number of nitrogens with one attached hydrogen (secondary N) is 1. The lowest BCUT2D eigenvalue weighted by molar-refractivity contribution is -0.274. The summed E-state index contributed by atoms with van der Waals surface area (Å²) in [5.74, 6) is 0.0511. The molecular weight excluding hydrogens is 435 g/mol. The number of ether oxygens (including phenoxy) is 1. The van der Waals surface area contributed by atoms with Gasteiger partial charge in [0, 0.05) is 31.9 Å². The summed E-state index contributed by atoms with van der Waals surface area (Å²) < 4.78 is 40.8. The van der Waals surface area contributed by atoms with Gasteiger partial charge in [-0.15, -0.1) is 24.5 Å². The standard InChI is InChI=1S/C19H18F3N5O3S/c1-29-27-8-6-26(7-9-27)18(28)15-10-14-16(23-11-24-17(14)31-15)25-12-2-4-13(5-3-12)30-19(20,21)22/h2-5,10-11H,6-9H2,1H3,(H,23,24,25). The number of fused-ring (bicyclic) bond motifs is 1. The quantitative estimate of drug-likeness (QED) is 0.632. The molecule has 0 atom stereocenters. The second-order valence-corrected chi connectivity index (χ2v) is 7.68. The average Bonchev–Trinajstić information content (AvgIpc) is 3.19. The Balaban J connectivity index is 1.51. The molecule has 1 amide bonds. The Kier molecular flexibility index (Phi) is 5.94. The molecule has 31 heavy (non-hydrogen) atoms. The molecule has 164 valence electrons. The number of hydrogen-bond acceptors (Lipinski definition) is 8. The number of thiophene rings is 1. The molecule has 1 fully saturated rings. The lowest BCUT2D eigenvalue weighted by Crippen LogP contribution is -2.48. The fourth-order valence-corrected chi connectivity index (χ4v) is 4.13. The molecule has 12 heteroatoms. The van der Waals surface area contributed by atoms with Crippen LogP contribution in [0.1, 0.15) is 9.67 Å². The van der Waals surface area contributed by atoms with Crippen LogP contribution < -0.4 is 10.1 Å². The first kappa shape index (κ1) is 21.3. The molecule has 1 saturated heterocycles. The third-order valence-electron chi connectivity index (χ3n) is 4.67. The predicted octanol–water partition coefficient (Wildman–Crippen LogP) is 3.65. The van der Waals surface area contributed by atoms with Gasteiger partial charge in [0.25, 0.3) is 5.91 Å². The monoisotopic (exact) mass is 453 g/mol. The lowest BCUT2D eigenvalue weighted by Gasteiger charge is -2.32. The van der Waals surface area contributed by atoms with Gasteiger partial charge in [-0.25, -0.2) is 9.97 Å². The number of aromatic nitrogens is 2. The fraction of sp³-hybridized carbons (Fsp3) is 0.316. The van der Waals surface area contributed by atoms with Crippen LogP contribution in [0.3, 0.4) is 0 Å². The van der Waals surface area contributed by atoms with E-state index in [4.69, 9.17) is 4.84 Å². The van der Waals surface area contributed by atoms with Crippen molar-refractivity contribution in [2.45, 2.75) is 6.36 Å². The van der Waals surface area contributed by atoms with Crippen LogP contribution in [0.4, 0.5) is 24.7 Å². The molecular formula is C19H18F3N5O3S. The van der Waals surface area contributed by atoms with Gasteiger partial charge in [0.2, 0.25) is 0 Å². The minimum atomic E-state index is -4.75. The minimum absolute atomic E-state index is 0.0849. The first-order chi connectivity index (χ1) is 14.8. The van der Waals surface area contributed by atoms with E-state index in [-0.39, 0.29) is 11.7 Å². The Hall–Kier alpha value is -2.96. The zero-order valence-corrected chi connectivity index (χ0v) is 17.2. The highest BCUT2D eigenvalue weighted by molar-refractivity contribution is 7.20. The van der Waals surface area contributed by atoms with Gasteiger partial charge < -0.3 is 19.8 Å². The molecule has 0 bridgehead atoms. The number of benzene rings is 1. The molecule has 0 spiro atoms. The van der Waals surface area contributed by atoms with E-state index < -0.39 is 6.36 Å². The van der Waals surface area contributed by atoms with Crippen molar-refractivity contribution in [1.29, 1.82) is 0 Å². The van der Waals surface area contributed by atoms with Crippen molar-refractivity contribution in [3.63, 3.8) is 0 Å². The van der Waals surface area contributed by atoms with Gasteiger partial charge in [0.15, 0.2) is 0 Å². The Morgan fingerprint density at radius 2 is 1.84 bits per heavy atom. The van der Waals surface area contributed by atoms with Crippen LogP contribution in [-0.4, -0.2) is 65.5 Å². The van der Waals surface area contributed by atoms with Crippen molar-refractivity contribution < 1.29 is 27.5 Å². The van der Waals surface area contributed by atoms with Crippen molar-refractivity contribution in [2.24, 2.45) is 0 Å². The third-order valence-corrected chi connectivity index (χ3v) is 5.71. The van der Waals surface area contributed by atoms with Crippen molar-refractivity contribution >= 4 is 39.0 Å². The van der Waals surface area contributed by atoms with Crippen LogP contribution in [0.15, 0.2) is 36.7 Å². The van der Waals surface area contributed by atoms with Gasteiger partial charge in [-0.1, -0.05) is 0 Å². The summed E-state index contributed by atoms with van der Waals surface area (Å²) in [4.78, 5) is 29.5. The SMILES string of the molecule is CON1CCN(C(=O)c2cc3c(Nc4ccc(OC(F)(F)F)cc4)ncnc3s2)CC1. The molecule has 1 aliphatic rings. The van der Waals surface area contributed by atoms with Gasteiger partial charge in [-0.3, -0.25) is 4.79 Å². The van der Waals surface area contributed by atoms with Crippen LogP contribution in [0, 0.1) is 0 Å². The van der Waals surface area contributed by atoms with Gasteiger partial charge in [0.05, 0.1) is 17.4 Å². The Bertz CT molecular complexity index is 1070. The highest BCUT2D eigenvalue weighted by Crippen LogP contribution is 2.31. The Morgan fingerprint density at radius 1 is 1.13 bits per heavy atom. The number of carbonyl (C=O) groups is 1. The van der Waals surface area contributed by atoms with Crippen LogP contribution in [-0.2, 0) is 4.84 Å². The molecule has 0 aliphatic carbocycles. The molecule has 3 heterocycles. The number of nitrogens with zero attached hydrogens (tertiary/aromatic N) is 4. The predicted molar refractivity (Wildman–Crippen MR) is 108 cm³/mol. The third kappa shape index (κ3) is 5.03. The van der Waals surface area contributed by atoms with E-state index in [2.05, 4.69) is 20.0 Å². The maximum atomic E-state index is 12.9. The van der Waals surface area contributed by atoms with Crippen molar-refractivity contribution in [3.8, 4) is 5.75 Å². The number of alkyl halides is 3. The second-order valence-electron chi connectivity index (χ2n) is 6.65. The first-order valence-electron chi connectivity index (χ1n) is 9.28. The van der Waals surface area contributed by atoms with Gasteiger partial charge in [-0.05, 0) is 30.3 Å². The van der Waals surface area contributed by atoms with E-state index in [1.165, 1.54) is 41.9 Å². The molecule has 0 unspecified atom stereocenters. The van der Waals surface area contributed by atoms with E-state index >= 15 is 0 Å². The van der Waals surface area contributed by atoms with E-state index in [1.54, 1.807) is 23.1 Å². The number of rotatable bonds is 5.